The van der Waals surface area contributed by atoms with E-state index in [2.05, 4.69) is 16.5 Å². The Morgan fingerprint density at radius 1 is 1.14 bits per heavy atom. The van der Waals surface area contributed by atoms with Crippen LogP contribution in [0.3, 0.4) is 0 Å². The largest absolute Gasteiger partial charge is 0.492 e. The van der Waals surface area contributed by atoms with E-state index in [-0.39, 0.29) is 5.92 Å². The number of nitrogens with one attached hydrogen (secondary N) is 1. The fourth-order valence-electron chi connectivity index (χ4n) is 3.26. The highest BCUT2D eigenvalue weighted by Gasteiger charge is 2.29. The Morgan fingerprint density at radius 2 is 2.00 bits per heavy atom. The van der Waals surface area contributed by atoms with Crippen molar-refractivity contribution in [3.8, 4) is 5.75 Å². The van der Waals surface area contributed by atoms with Gasteiger partial charge in [-0.1, -0.05) is 18.2 Å². The summed E-state index contributed by atoms with van der Waals surface area (Å²) >= 11 is 0. The van der Waals surface area contributed by atoms with Gasteiger partial charge in [-0.25, -0.2) is 15.8 Å². The number of aromatic nitrogens is 2. The number of nitrogen functional groups attached to an aromatic ring is 1. The van der Waals surface area contributed by atoms with E-state index in [4.69, 9.17) is 15.6 Å². The molecule has 1 aromatic carbocycles. The first-order valence-corrected chi connectivity index (χ1v) is 7.45. The van der Waals surface area contributed by atoms with Crippen molar-refractivity contribution >= 4 is 5.82 Å². The monoisotopic (exact) mass is 282 g/mol. The van der Waals surface area contributed by atoms with Gasteiger partial charge in [0.15, 0.2) is 0 Å². The van der Waals surface area contributed by atoms with E-state index in [0.717, 1.165) is 41.5 Å². The zero-order valence-corrected chi connectivity index (χ0v) is 11.8. The second-order valence-corrected chi connectivity index (χ2v) is 5.61. The highest BCUT2D eigenvalue weighted by Crippen LogP contribution is 2.37. The van der Waals surface area contributed by atoms with Crippen LogP contribution in [-0.4, -0.2) is 16.6 Å². The molecule has 0 spiro atoms. The molecule has 0 amide bonds. The van der Waals surface area contributed by atoms with Crippen molar-refractivity contribution in [1.29, 1.82) is 0 Å². The van der Waals surface area contributed by atoms with E-state index in [1.807, 2.05) is 18.2 Å². The van der Waals surface area contributed by atoms with Crippen LogP contribution in [-0.2, 0) is 12.8 Å². The molecule has 21 heavy (non-hydrogen) atoms. The van der Waals surface area contributed by atoms with Gasteiger partial charge in [0, 0.05) is 16.8 Å². The minimum atomic E-state index is 0.0977. The van der Waals surface area contributed by atoms with Gasteiger partial charge in [0.05, 0.1) is 5.92 Å². The first kappa shape index (κ1) is 12.6. The molecule has 4 rings (SSSR count). The minimum absolute atomic E-state index is 0.0977. The molecule has 5 heteroatoms. The quantitative estimate of drug-likeness (QED) is 0.652. The molecule has 1 atom stereocenters. The van der Waals surface area contributed by atoms with Crippen LogP contribution in [0, 0.1) is 0 Å². The molecular weight excluding hydrogens is 264 g/mol. The van der Waals surface area contributed by atoms with Gasteiger partial charge in [-0.3, -0.25) is 0 Å². The zero-order valence-electron chi connectivity index (χ0n) is 11.8. The van der Waals surface area contributed by atoms with Crippen molar-refractivity contribution < 1.29 is 4.74 Å². The molecule has 0 fully saturated rings. The minimum Gasteiger partial charge on any atom is -0.492 e. The lowest BCUT2D eigenvalue weighted by molar-refractivity contribution is 0.339. The maximum Gasteiger partial charge on any atom is 0.147 e. The summed E-state index contributed by atoms with van der Waals surface area (Å²) < 4.78 is 5.75. The average molecular weight is 282 g/mol. The van der Waals surface area contributed by atoms with Crippen LogP contribution >= 0.6 is 0 Å². The second-order valence-electron chi connectivity index (χ2n) is 5.61. The number of aryl methyl sites for hydroxylation is 1. The predicted molar refractivity (Wildman–Crippen MR) is 80.3 cm³/mol. The fourth-order valence-corrected chi connectivity index (χ4v) is 3.26. The van der Waals surface area contributed by atoms with Gasteiger partial charge in [-0.2, -0.15) is 0 Å². The highest BCUT2D eigenvalue weighted by molar-refractivity contribution is 5.49. The Kier molecular flexibility index (Phi) is 3.00. The van der Waals surface area contributed by atoms with Gasteiger partial charge >= 0.3 is 0 Å². The topological polar surface area (TPSA) is 73.1 Å². The lowest BCUT2D eigenvalue weighted by atomic mass is 9.95. The van der Waals surface area contributed by atoms with Crippen molar-refractivity contribution in [1.82, 2.24) is 9.97 Å². The van der Waals surface area contributed by atoms with Crippen molar-refractivity contribution in [2.24, 2.45) is 5.84 Å². The van der Waals surface area contributed by atoms with Gasteiger partial charge < -0.3 is 10.2 Å². The molecular formula is C16H18N4O. The van der Waals surface area contributed by atoms with E-state index < -0.39 is 0 Å². The summed E-state index contributed by atoms with van der Waals surface area (Å²) in [5, 5.41) is 0. The summed E-state index contributed by atoms with van der Waals surface area (Å²) in [6.07, 6.45) is 4.38. The van der Waals surface area contributed by atoms with Crippen molar-refractivity contribution in [3.05, 3.63) is 46.9 Å². The van der Waals surface area contributed by atoms with Gasteiger partial charge in [0.25, 0.3) is 0 Å². The number of hydrogen-bond donors (Lipinski definition) is 2. The van der Waals surface area contributed by atoms with Crippen molar-refractivity contribution in [2.75, 3.05) is 12.0 Å². The number of nitrogens with two attached hydrogens (primary N) is 1. The first-order valence-electron chi connectivity index (χ1n) is 7.45. The number of para-hydroxylation sites is 1. The number of hydrazine groups is 1. The van der Waals surface area contributed by atoms with Gasteiger partial charge in [-0.05, 0) is 31.7 Å². The predicted octanol–water partition coefficient (Wildman–Crippen LogP) is 2.17. The molecule has 108 valence electrons. The third kappa shape index (κ3) is 2.05. The molecule has 1 unspecified atom stereocenters. The van der Waals surface area contributed by atoms with E-state index in [1.54, 1.807) is 0 Å². The maximum absolute atomic E-state index is 5.75. The second kappa shape index (κ2) is 5.00. The van der Waals surface area contributed by atoms with E-state index in [0.29, 0.717) is 6.61 Å². The summed E-state index contributed by atoms with van der Waals surface area (Å²) in [7, 11) is 0. The molecule has 5 nitrogen and oxygen atoms in total. The lowest BCUT2D eigenvalue weighted by Crippen LogP contribution is -2.20. The van der Waals surface area contributed by atoms with Crippen molar-refractivity contribution in [3.63, 3.8) is 0 Å². The third-order valence-electron chi connectivity index (χ3n) is 4.35. The van der Waals surface area contributed by atoms with Crippen LogP contribution in [0.1, 0.15) is 41.4 Å². The van der Waals surface area contributed by atoms with Crippen LogP contribution in [0.4, 0.5) is 5.82 Å². The molecule has 0 radical (unpaired) electrons. The molecule has 2 heterocycles. The Balaban J connectivity index is 1.80. The Hall–Kier alpha value is -2.14. The molecule has 1 aromatic heterocycles. The Morgan fingerprint density at radius 3 is 2.90 bits per heavy atom. The maximum atomic E-state index is 5.75. The Bertz CT molecular complexity index is 669. The normalized spacial score (nSPS) is 19.6. The summed E-state index contributed by atoms with van der Waals surface area (Å²) in [6, 6.07) is 8.10. The third-order valence-corrected chi connectivity index (χ3v) is 4.35. The molecule has 2 aliphatic rings. The number of nitrogens with zero attached hydrogens (tertiary/aromatic N) is 2. The lowest BCUT2D eigenvalue weighted by Gasteiger charge is -2.20. The molecule has 3 N–H and O–H groups in total. The van der Waals surface area contributed by atoms with E-state index >= 15 is 0 Å². The molecule has 2 aromatic rings. The summed E-state index contributed by atoms with van der Waals surface area (Å²) in [5.74, 6) is 8.29. The van der Waals surface area contributed by atoms with Crippen LogP contribution in [0.2, 0.25) is 0 Å². The van der Waals surface area contributed by atoms with Crippen LogP contribution < -0.4 is 16.0 Å². The van der Waals surface area contributed by atoms with Gasteiger partial charge in [-0.15, -0.1) is 0 Å². The standard InChI is InChI=1S/C16H18N4O/c17-20-16-11-6-1-3-7-13(11)18-15(19-16)12-9-21-14-8-4-2-5-10(12)14/h2,4-5,8,12H,1,3,6-7,9,17H2,(H,18,19,20). The molecule has 0 saturated heterocycles. The number of fused-ring (bicyclic) bond motifs is 2. The number of rotatable bonds is 2. The van der Waals surface area contributed by atoms with Crippen LogP contribution in [0.5, 0.6) is 5.75 Å². The number of anilines is 1. The number of ether oxygens (including phenoxy) is 1. The number of benzene rings is 1. The van der Waals surface area contributed by atoms with Crippen LogP contribution in [0.25, 0.3) is 0 Å². The molecule has 0 bridgehead atoms. The molecule has 0 saturated carbocycles. The van der Waals surface area contributed by atoms with Crippen molar-refractivity contribution in [2.45, 2.75) is 31.6 Å². The molecule has 1 aliphatic heterocycles. The van der Waals surface area contributed by atoms with E-state index in [1.165, 1.54) is 18.4 Å². The highest BCUT2D eigenvalue weighted by atomic mass is 16.5. The first-order chi connectivity index (χ1) is 10.4. The molecule has 1 aliphatic carbocycles. The van der Waals surface area contributed by atoms with Crippen LogP contribution in [0.15, 0.2) is 24.3 Å². The smallest absolute Gasteiger partial charge is 0.147 e. The summed E-state index contributed by atoms with van der Waals surface area (Å²) in [6.45, 7) is 0.599. The average Bonchev–Trinajstić information content (AvgIpc) is 2.98. The number of hydrogen-bond acceptors (Lipinski definition) is 5. The summed E-state index contributed by atoms with van der Waals surface area (Å²) in [4.78, 5) is 9.47. The fraction of sp³-hybridized carbons (Fsp3) is 0.375. The van der Waals surface area contributed by atoms with Gasteiger partial charge in [0.2, 0.25) is 0 Å². The zero-order chi connectivity index (χ0) is 14.2. The summed E-state index contributed by atoms with van der Waals surface area (Å²) in [5.41, 5.74) is 6.24. The van der Waals surface area contributed by atoms with Gasteiger partial charge in [0.1, 0.15) is 24.0 Å². The van der Waals surface area contributed by atoms with E-state index in [9.17, 15) is 0 Å². The Labute approximate surface area is 123 Å². The SMILES string of the molecule is NNc1nc(C2COc3ccccc32)nc2c1CCCC2.